The van der Waals surface area contributed by atoms with E-state index in [1.54, 1.807) is 37.3 Å². The summed E-state index contributed by atoms with van der Waals surface area (Å²) in [7, 11) is -4.52. The first kappa shape index (κ1) is 19.8. The van der Waals surface area contributed by atoms with Crippen LogP contribution in [0.1, 0.15) is 6.92 Å². The maximum atomic E-state index is 15.6. The van der Waals surface area contributed by atoms with Gasteiger partial charge in [0.2, 0.25) is 5.95 Å². The molecule has 4 aromatic rings. The first-order valence-corrected chi connectivity index (χ1v) is 10.4. The largest absolute Gasteiger partial charge is 0.419 e. The Morgan fingerprint density at radius 3 is 2.50 bits per heavy atom. The summed E-state index contributed by atoms with van der Waals surface area (Å²) in [6.07, 6.45) is 0. The van der Waals surface area contributed by atoms with Crippen molar-refractivity contribution < 1.29 is 21.6 Å². The van der Waals surface area contributed by atoms with Crippen molar-refractivity contribution in [3.63, 3.8) is 0 Å². The number of anilines is 1. The number of halogens is 2. The summed E-state index contributed by atoms with van der Waals surface area (Å²) in [5.74, 6) is -3.02. The molecule has 0 saturated carbocycles. The van der Waals surface area contributed by atoms with Crippen molar-refractivity contribution in [1.82, 2.24) is 9.55 Å². The average molecular weight is 431 g/mol. The lowest BCUT2D eigenvalue weighted by atomic mass is 10.0. The molecule has 0 spiro atoms. The van der Waals surface area contributed by atoms with Crippen LogP contribution in [-0.2, 0) is 16.6 Å². The highest BCUT2D eigenvalue weighted by molar-refractivity contribution is 7.92. The lowest BCUT2D eigenvalue weighted by molar-refractivity contribution is 0.512. The average Bonchev–Trinajstić information content (AvgIpc) is 3.02. The minimum Gasteiger partial charge on any atom is -0.408 e. The Hall–Kier alpha value is -3.53. The second-order valence-corrected chi connectivity index (χ2v) is 7.99. The smallest absolute Gasteiger partial charge is 0.408 e. The van der Waals surface area contributed by atoms with Crippen LogP contribution in [0.5, 0.6) is 0 Å². The third-order valence-corrected chi connectivity index (χ3v) is 5.83. The second kappa shape index (κ2) is 7.38. The quantitative estimate of drug-likeness (QED) is 0.486. The van der Waals surface area contributed by atoms with Gasteiger partial charge in [0.25, 0.3) is 10.0 Å². The molecule has 2 heterocycles. The minimum absolute atomic E-state index is 0.0883. The maximum Gasteiger partial charge on any atom is 0.419 e. The van der Waals surface area contributed by atoms with Crippen molar-refractivity contribution in [3.05, 3.63) is 76.9 Å². The van der Waals surface area contributed by atoms with E-state index in [0.717, 1.165) is 12.1 Å². The molecule has 0 fully saturated rings. The first-order valence-electron chi connectivity index (χ1n) is 8.88. The van der Waals surface area contributed by atoms with Crippen LogP contribution in [0.4, 0.5) is 14.6 Å². The van der Waals surface area contributed by atoms with Crippen molar-refractivity contribution in [2.45, 2.75) is 18.4 Å². The molecule has 7 nitrogen and oxygen atoms in total. The Morgan fingerprint density at radius 1 is 1.10 bits per heavy atom. The van der Waals surface area contributed by atoms with Crippen LogP contribution in [0, 0.1) is 11.8 Å². The predicted molar refractivity (Wildman–Crippen MR) is 107 cm³/mol. The first-order chi connectivity index (χ1) is 14.3. The molecule has 1 N–H and O–H groups in total. The van der Waals surface area contributed by atoms with Gasteiger partial charge in [-0.3, -0.25) is 9.29 Å². The molecule has 10 heteroatoms. The van der Waals surface area contributed by atoms with Crippen LogP contribution in [0.3, 0.4) is 0 Å². The fourth-order valence-corrected chi connectivity index (χ4v) is 4.30. The highest BCUT2D eigenvalue weighted by atomic mass is 32.2. The van der Waals surface area contributed by atoms with Gasteiger partial charge in [0.1, 0.15) is 16.2 Å². The van der Waals surface area contributed by atoms with Crippen molar-refractivity contribution in [1.29, 1.82) is 0 Å². The van der Waals surface area contributed by atoms with E-state index in [0.29, 0.717) is 5.56 Å². The van der Waals surface area contributed by atoms with Gasteiger partial charge in [-0.05, 0) is 24.6 Å². The highest BCUT2D eigenvalue weighted by Gasteiger charge is 2.28. The van der Waals surface area contributed by atoms with Crippen LogP contribution in [-0.4, -0.2) is 18.0 Å². The lowest BCUT2D eigenvalue weighted by Gasteiger charge is -2.13. The lowest BCUT2D eigenvalue weighted by Crippen LogP contribution is -2.17. The number of aryl methyl sites for hydroxylation is 1. The van der Waals surface area contributed by atoms with E-state index in [2.05, 4.69) is 4.98 Å². The molecule has 0 radical (unpaired) electrons. The Bertz CT molecular complexity index is 1410. The Kier molecular flexibility index (Phi) is 4.86. The third-order valence-electron chi connectivity index (χ3n) is 4.48. The number of aromatic nitrogens is 2. The zero-order valence-electron chi connectivity index (χ0n) is 15.6. The fourth-order valence-electron chi connectivity index (χ4n) is 3.20. The van der Waals surface area contributed by atoms with Gasteiger partial charge in [-0.2, -0.15) is 4.39 Å². The molecule has 0 aliphatic carbocycles. The summed E-state index contributed by atoms with van der Waals surface area (Å²) < 4.78 is 63.2. The number of pyridine rings is 1. The number of sulfonamides is 1. The molecule has 0 aliphatic rings. The van der Waals surface area contributed by atoms with Gasteiger partial charge in [0, 0.05) is 18.2 Å². The van der Waals surface area contributed by atoms with E-state index >= 15 is 4.39 Å². The van der Waals surface area contributed by atoms with E-state index in [1.807, 2.05) is 4.72 Å². The van der Waals surface area contributed by atoms with Crippen LogP contribution < -0.4 is 10.5 Å². The zero-order valence-corrected chi connectivity index (χ0v) is 16.4. The van der Waals surface area contributed by atoms with Gasteiger partial charge >= 0.3 is 5.76 Å². The van der Waals surface area contributed by atoms with Crippen molar-refractivity contribution in [3.8, 4) is 11.1 Å². The minimum atomic E-state index is -4.52. The summed E-state index contributed by atoms with van der Waals surface area (Å²) in [6, 6.07) is 12.7. The molecule has 30 heavy (non-hydrogen) atoms. The number of hydrogen-bond acceptors (Lipinski definition) is 5. The topological polar surface area (TPSA) is 94.2 Å². The second-order valence-electron chi connectivity index (χ2n) is 6.34. The van der Waals surface area contributed by atoms with E-state index < -0.39 is 32.4 Å². The summed E-state index contributed by atoms with van der Waals surface area (Å²) in [6.45, 7) is 1.88. The van der Waals surface area contributed by atoms with Gasteiger partial charge < -0.3 is 4.42 Å². The summed E-state index contributed by atoms with van der Waals surface area (Å²) >= 11 is 0. The molecular weight excluding hydrogens is 416 g/mol. The third kappa shape index (κ3) is 3.35. The normalized spacial score (nSPS) is 11.7. The van der Waals surface area contributed by atoms with Crippen LogP contribution in [0.15, 0.2) is 68.7 Å². The number of oxazole rings is 1. The van der Waals surface area contributed by atoms with Gasteiger partial charge in [-0.15, -0.1) is 0 Å². The molecule has 0 atom stereocenters. The standard InChI is InChI=1S/C20H15F2N3O4S/c1-2-25-19-13(29-20(25)26)11-14(18(22)17(19)12-7-4-3-5-8-12)30(27,28)24-16-10-6-9-15(21)23-16/h3-11H,2H2,1H3,(H,23,24). The van der Waals surface area contributed by atoms with Gasteiger partial charge in [-0.25, -0.2) is 22.6 Å². The number of benzene rings is 2. The number of hydrogen-bond donors (Lipinski definition) is 1. The summed E-state index contributed by atoms with van der Waals surface area (Å²) in [5, 5.41) is 0. The van der Waals surface area contributed by atoms with E-state index in [-0.39, 0.29) is 29.0 Å². The van der Waals surface area contributed by atoms with Crippen molar-refractivity contribution in [2.24, 2.45) is 0 Å². The number of nitrogens with one attached hydrogen (secondary N) is 1. The maximum absolute atomic E-state index is 15.6. The van der Waals surface area contributed by atoms with Crippen molar-refractivity contribution >= 4 is 26.9 Å². The molecule has 0 aliphatic heterocycles. The molecule has 0 unspecified atom stereocenters. The highest BCUT2D eigenvalue weighted by Crippen LogP contribution is 2.35. The van der Waals surface area contributed by atoms with Crippen LogP contribution >= 0.6 is 0 Å². The molecule has 154 valence electrons. The van der Waals surface area contributed by atoms with E-state index in [4.69, 9.17) is 4.42 Å². The molecule has 2 aromatic carbocycles. The Labute approximate surface area is 169 Å². The predicted octanol–water partition coefficient (Wildman–Crippen LogP) is 3.76. The molecule has 2 aromatic heterocycles. The van der Waals surface area contributed by atoms with E-state index in [1.165, 1.54) is 16.7 Å². The van der Waals surface area contributed by atoms with Crippen LogP contribution in [0.25, 0.3) is 22.2 Å². The Morgan fingerprint density at radius 2 is 1.83 bits per heavy atom. The molecular formula is C20H15F2N3O4S. The van der Waals surface area contributed by atoms with Crippen molar-refractivity contribution in [2.75, 3.05) is 4.72 Å². The SMILES string of the molecule is CCn1c(=O)oc2cc(S(=O)(=O)Nc3cccc(F)n3)c(F)c(-c3ccccc3)c21. The number of fused-ring (bicyclic) bond motifs is 1. The molecule has 4 rings (SSSR count). The summed E-state index contributed by atoms with van der Waals surface area (Å²) in [5.41, 5.74) is 0.334. The van der Waals surface area contributed by atoms with Crippen LogP contribution in [0.2, 0.25) is 0 Å². The van der Waals surface area contributed by atoms with Gasteiger partial charge in [-0.1, -0.05) is 36.4 Å². The zero-order chi connectivity index (χ0) is 21.5. The van der Waals surface area contributed by atoms with Gasteiger partial charge in [0.05, 0.1) is 0 Å². The molecule has 0 amide bonds. The monoisotopic (exact) mass is 431 g/mol. The number of rotatable bonds is 5. The molecule has 0 bridgehead atoms. The number of nitrogens with zero attached hydrogens (tertiary/aromatic N) is 2. The van der Waals surface area contributed by atoms with Gasteiger partial charge in [0.15, 0.2) is 11.4 Å². The summed E-state index contributed by atoms with van der Waals surface area (Å²) in [4.78, 5) is 14.9. The Balaban J connectivity index is 2.00. The van der Waals surface area contributed by atoms with E-state index in [9.17, 15) is 17.6 Å². The molecule has 0 saturated heterocycles. The fraction of sp³-hybridized carbons (Fsp3) is 0.100.